The molecule has 0 aliphatic heterocycles. The Morgan fingerprint density at radius 3 is 1.72 bits per heavy atom. The average Bonchev–Trinajstić information content (AvgIpc) is 2.64. The molecule has 1 N–H and O–H groups in total. The van der Waals surface area contributed by atoms with Gasteiger partial charge < -0.3 is 5.11 Å². The van der Waals surface area contributed by atoms with E-state index in [9.17, 15) is 5.11 Å². The highest BCUT2D eigenvalue weighted by Gasteiger charge is 2.48. The molecule has 0 amide bonds. The fraction of sp³-hybridized carbons (Fsp3) is 0.294. The van der Waals surface area contributed by atoms with Crippen molar-refractivity contribution in [1.82, 2.24) is 0 Å². The minimum Gasteiger partial charge on any atom is -0.384 e. The van der Waals surface area contributed by atoms with Crippen molar-refractivity contribution in [3.8, 4) is 0 Å². The Balaban J connectivity index is 2.16. The lowest BCUT2D eigenvalue weighted by atomic mass is 9.78. The van der Waals surface area contributed by atoms with Gasteiger partial charge in [-0.2, -0.15) is 0 Å². The van der Waals surface area contributed by atoms with Gasteiger partial charge in [0.15, 0.2) is 0 Å². The average molecular weight is 238 g/mol. The van der Waals surface area contributed by atoms with Crippen LogP contribution in [0.1, 0.15) is 42.4 Å². The molecule has 0 unspecified atom stereocenters. The maximum Gasteiger partial charge on any atom is 0.103 e. The van der Waals surface area contributed by atoms with Gasteiger partial charge in [0.25, 0.3) is 0 Å². The van der Waals surface area contributed by atoms with Gasteiger partial charge in [-0.1, -0.05) is 68.4 Å². The fourth-order valence-corrected chi connectivity index (χ4v) is 3.35. The topological polar surface area (TPSA) is 20.2 Å². The minimum atomic E-state index is -0.787. The first-order valence-corrected chi connectivity index (χ1v) is 6.52. The Morgan fingerprint density at radius 2 is 1.22 bits per heavy atom. The van der Waals surface area contributed by atoms with Crippen LogP contribution in [0.3, 0.4) is 0 Å². The van der Waals surface area contributed by atoms with Crippen LogP contribution in [0.25, 0.3) is 0 Å². The Labute approximate surface area is 108 Å². The number of benzene rings is 2. The van der Waals surface area contributed by atoms with Crippen LogP contribution in [0.2, 0.25) is 0 Å². The third-order valence-electron chi connectivity index (χ3n) is 4.49. The van der Waals surface area contributed by atoms with E-state index in [1.54, 1.807) is 0 Å². The van der Waals surface area contributed by atoms with Crippen molar-refractivity contribution >= 4 is 0 Å². The lowest BCUT2D eigenvalue weighted by Gasteiger charge is -2.33. The van der Waals surface area contributed by atoms with Crippen LogP contribution in [0.15, 0.2) is 54.6 Å². The lowest BCUT2D eigenvalue weighted by molar-refractivity contribution is 0.00304. The Hall–Kier alpha value is -1.60. The van der Waals surface area contributed by atoms with Crippen molar-refractivity contribution in [3.05, 3.63) is 71.3 Å². The van der Waals surface area contributed by atoms with Crippen molar-refractivity contribution in [3.63, 3.8) is 0 Å². The molecule has 1 aliphatic carbocycles. The zero-order valence-corrected chi connectivity index (χ0v) is 10.8. The number of aliphatic hydroxyl groups is 1. The van der Waals surface area contributed by atoms with Crippen LogP contribution in [-0.2, 0) is 5.60 Å². The monoisotopic (exact) mass is 238 g/mol. The van der Waals surface area contributed by atoms with Crippen LogP contribution in [0.4, 0.5) is 0 Å². The predicted octanol–water partition coefficient (Wildman–Crippen LogP) is 3.80. The highest BCUT2D eigenvalue weighted by Crippen LogP contribution is 2.54. The van der Waals surface area contributed by atoms with Gasteiger partial charge in [0, 0.05) is 11.8 Å². The first kappa shape index (κ1) is 11.5. The molecule has 3 rings (SSSR count). The third kappa shape index (κ3) is 1.37. The second-order valence-corrected chi connectivity index (χ2v) is 5.26. The van der Waals surface area contributed by atoms with Crippen LogP contribution >= 0.6 is 0 Å². The summed E-state index contributed by atoms with van der Waals surface area (Å²) in [7, 11) is 0. The van der Waals surface area contributed by atoms with Gasteiger partial charge in [0.2, 0.25) is 0 Å². The Morgan fingerprint density at radius 1 is 0.778 bits per heavy atom. The second-order valence-electron chi connectivity index (χ2n) is 5.26. The van der Waals surface area contributed by atoms with Crippen LogP contribution in [-0.4, -0.2) is 5.11 Å². The molecule has 0 radical (unpaired) electrons. The zero-order valence-electron chi connectivity index (χ0n) is 10.8. The van der Waals surface area contributed by atoms with E-state index in [4.69, 9.17) is 0 Å². The summed E-state index contributed by atoms with van der Waals surface area (Å²) >= 11 is 0. The molecule has 2 aromatic carbocycles. The van der Waals surface area contributed by atoms with Crippen molar-refractivity contribution in [2.45, 2.75) is 31.3 Å². The van der Waals surface area contributed by atoms with Crippen LogP contribution in [0, 0.1) is 0 Å². The minimum absolute atomic E-state index is 0.131. The third-order valence-corrected chi connectivity index (χ3v) is 4.49. The van der Waals surface area contributed by atoms with E-state index >= 15 is 0 Å². The second kappa shape index (κ2) is 3.96. The van der Waals surface area contributed by atoms with Gasteiger partial charge in [-0.05, 0) is 16.7 Å². The van der Waals surface area contributed by atoms with E-state index in [0.29, 0.717) is 0 Å². The molecule has 18 heavy (non-hydrogen) atoms. The first-order valence-electron chi connectivity index (χ1n) is 6.52. The normalized spacial score (nSPS) is 24.8. The quantitative estimate of drug-likeness (QED) is 0.801. The van der Waals surface area contributed by atoms with Crippen molar-refractivity contribution in [2.24, 2.45) is 0 Å². The molecular formula is C17H18O. The summed E-state index contributed by atoms with van der Waals surface area (Å²) in [5.74, 6) is 0.261. The molecule has 0 saturated heterocycles. The van der Waals surface area contributed by atoms with Gasteiger partial charge in [0.05, 0.1) is 0 Å². The molecule has 1 heteroatoms. The summed E-state index contributed by atoms with van der Waals surface area (Å²) in [6.45, 7) is 4.24. The van der Waals surface area contributed by atoms with E-state index < -0.39 is 5.60 Å². The van der Waals surface area contributed by atoms with Crippen molar-refractivity contribution in [1.29, 1.82) is 0 Å². The van der Waals surface area contributed by atoms with Crippen molar-refractivity contribution in [2.75, 3.05) is 0 Å². The predicted molar refractivity (Wildman–Crippen MR) is 73.6 cm³/mol. The molecule has 0 spiro atoms. The molecule has 0 saturated carbocycles. The molecule has 0 bridgehead atoms. The van der Waals surface area contributed by atoms with E-state index in [1.165, 1.54) is 11.1 Å². The lowest BCUT2D eigenvalue weighted by Crippen LogP contribution is -2.32. The fourth-order valence-electron chi connectivity index (χ4n) is 3.35. The Kier molecular flexibility index (Phi) is 2.53. The zero-order chi connectivity index (χ0) is 12.8. The molecule has 2 atom stereocenters. The number of fused-ring (bicyclic) bond motifs is 1. The highest BCUT2D eigenvalue weighted by atomic mass is 16.3. The van der Waals surface area contributed by atoms with Gasteiger partial charge in [0.1, 0.15) is 5.60 Å². The first-order chi connectivity index (χ1) is 8.65. The molecule has 1 nitrogen and oxygen atoms in total. The summed E-state index contributed by atoms with van der Waals surface area (Å²) in [4.78, 5) is 0. The largest absolute Gasteiger partial charge is 0.384 e. The van der Waals surface area contributed by atoms with Gasteiger partial charge in [-0.25, -0.2) is 0 Å². The van der Waals surface area contributed by atoms with E-state index in [0.717, 1.165) is 5.56 Å². The molecule has 1 aliphatic rings. The summed E-state index contributed by atoms with van der Waals surface area (Å²) in [5, 5.41) is 11.2. The Bertz CT molecular complexity index is 530. The highest BCUT2D eigenvalue weighted by molar-refractivity contribution is 5.46. The SMILES string of the molecule is C[C@H]1c2ccccc2[C@H](C)C1(O)c1ccccc1. The molecule has 0 fully saturated rings. The molecule has 92 valence electrons. The van der Waals surface area contributed by atoms with E-state index in [-0.39, 0.29) is 11.8 Å². The number of rotatable bonds is 1. The smallest absolute Gasteiger partial charge is 0.103 e. The number of hydrogen-bond donors (Lipinski definition) is 1. The van der Waals surface area contributed by atoms with E-state index in [2.05, 4.69) is 38.1 Å². The van der Waals surface area contributed by atoms with Crippen LogP contribution in [0.5, 0.6) is 0 Å². The summed E-state index contributed by atoms with van der Waals surface area (Å²) in [6, 6.07) is 18.4. The number of hydrogen-bond acceptors (Lipinski definition) is 1. The van der Waals surface area contributed by atoms with Gasteiger partial charge in [-0.15, -0.1) is 0 Å². The molecule has 0 aromatic heterocycles. The molecule has 0 heterocycles. The van der Waals surface area contributed by atoms with Crippen LogP contribution < -0.4 is 0 Å². The summed E-state index contributed by atoms with van der Waals surface area (Å²) in [5.41, 5.74) is 2.78. The van der Waals surface area contributed by atoms with Gasteiger partial charge >= 0.3 is 0 Å². The maximum absolute atomic E-state index is 11.2. The standard InChI is InChI=1S/C17H18O/c1-12-15-10-6-7-11-16(15)13(2)17(12,18)14-8-4-3-5-9-14/h3-13,18H,1-2H3/t12-,13-/m0/s1. The maximum atomic E-state index is 11.2. The van der Waals surface area contributed by atoms with E-state index in [1.807, 2.05) is 30.3 Å². The van der Waals surface area contributed by atoms with Crippen molar-refractivity contribution < 1.29 is 5.11 Å². The molecule has 2 aromatic rings. The van der Waals surface area contributed by atoms with Gasteiger partial charge in [-0.3, -0.25) is 0 Å². The summed E-state index contributed by atoms with van der Waals surface area (Å²) < 4.78 is 0. The molecular weight excluding hydrogens is 220 g/mol. The summed E-state index contributed by atoms with van der Waals surface area (Å²) in [6.07, 6.45) is 0.